The molecule has 1 aromatic heterocycles. The van der Waals surface area contributed by atoms with Gasteiger partial charge in [-0.25, -0.2) is 9.97 Å². The molecule has 0 bridgehead atoms. The van der Waals surface area contributed by atoms with Crippen molar-refractivity contribution in [2.75, 3.05) is 7.11 Å². The number of nitrogens with two attached hydrogens (primary N) is 1. The molecule has 5 nitrogen and oxygen atoms in total. The van der Waals surface area contributed by atoms with E-state index in [0.717, 1.165) is 6.42 Å². The number of rotatable bonds is 5. The topological polar surface area (TPSA) is 78.1 Å². The van der Waals surface area contributed by atoms with Crippen LogP contribution in [0.25, 0.3) is 0 Å². The first-order valence-electron chi connectivity index (χ1n) is 5.97. The first-order chi connectivity index (χ1) is 8.33. The number of methoxy groups -OCH3 is 1. The maximum absolute atomic E-state index is 12.1. The molecule has 1 atom stereocenters. The molecule has 18 heavy (non-hydrogen) atoms. The number of ether oxygens (including phenoxy) is 1. The highest BCUT2D eigenvalue weighted by Gasteiger charge is 2.21. The Labute approximate surface area is 108 Å². The Balaban J connectivity index is 2.71. The predicted molar refractivity (Wildman–Crippen MR) is 69.6 cm³/mol. The maximum atomic E-state index is 12.1. The number of carbonyl (C=O) groups is 1. The summed E-state index contributed by atoms with van der Waals surface area (Å²) in [4.78, 5) is 20.0. The van der Waals surface area contributed by atoms with Crippen LogP contribution >= 0.6 is 0 Å². The van der Waals surface area contributed by atoms with Gasteiger partial charge in [0.05, 0.1) is 7.11 Å². The Morgan fingerprint density at radius 3 is 2.56 bits per heavy atom. The van der Waals surface area contributed by atoms with Gasteiger partial charge in [0, 0.05) is 24.9 Å². The van der Waals surface area contributed by atoms with Crippen LogP contribution in [-0.4, -0.2) is 28.9 Å². The number of nitrogens with zero attached hydrogens (tertiary/aromatic N) is 2. The minimum Gasteiger partial charge on any atom is -0.479 e. The molecule has 0 aliphatic carbocycles. The molecule has 0 saturated carbocycles. The van der Waals surface area contributed by atoms with E-state index in [1.54, 1.807) is 0 Å². The van der Waals surface area contributed by atoms with Crippen LogP contribution in [0.2, 0.25) is 0 Å². The average Bonchev–Trinajstić information content (AvgIpc) is 2.26. The van der Waals surface area contributed by atoms with Gasteiger partial charge in [0.2, 0.25) is 5.88 Å². The molecule has 5 heteroatoms. The van der Waals surface area contributed by atoms with Crippen molar-refractivity contribution in [1.82, 2.24) is 9.97 Å². The summed E-state index contributed by atoms with van der Waals surface area (Å²) in [7, 11) is 1.47. The van der Waals surface area contributed by atoms with Crippen molar-refractivity contribution >= 4 is 5.78 Å². The van der Waals surface area contributed by atoms with Crippen molar-refractivity contribution in [3.05, 3.63) is 18.1 Å². The molecule has 0 saturated heterocycles. The molecular formula is C13H21N3O2. The zero-order valence-corrected chi connectivity index (χ0v) is 11.4. The van der Waals surface area contributed by atoms with E-state index in [-0.39, 0.29) is 35.2 Å². The van der Waals surface area contributed by atoms with Crippen LogP contribution in [-0.2, 0) is 0 Å². The van der Waals surface area contributed by atoms with Crippen molar-refractivity contribution in [2.24, 2.45) is 11.1 Å². The van der Waals surface area contributed by atoms with Crippen LogP contribution in [0.3, 0.4) is 0 Å². The summed E-state index contributed by atoms with van der Waals surface area (Å²) in [5, 5.41) is 0. The fourth-order valence-corrected chi connectivity index (χ4v) is 1.86. The van der Waals surface area contributed by atoms with Gasteiger partial charge < -0.3 is 10.5 Å². The molecule has 100 valence electrons. The molecule has 1 aromatic rings. The molecular weight excluding hydrogens is 230 g/mol. The second-order valence-electron chi connectivity index (χ2n) is 5.57. The minimum absolute atomic E-state index is 0.103. The Bertz CT molecular complexity index is 413. The molecule has 0 amide bonds. The Kier molecular flexibility index (Phi) is 4.78. The lowest BCUT2D eigenvalue weighted by Crippen LogP contribution is -2.29. The summed E-state index contributed by atoms with van der Waals surface area (Å²) in [6.07, 6.45) is 4.00. The molecule has 0 aliphatic rings. The molecule has 0 aliphatic heterocycles. The molecule has 1 rings (SSSR count). The summed E-state index contributed by atoms with van der Waals surface area (Å²) >= 11 is 0. The van der Waals surface area contributed by atoms with Crippen LogP contribution in [0.5, 0.6) is 5.88 Å². The molecule has 0 aromatic carbocycles. The van der Waals surface area contributed by atoms with Gasteiger partial charge in [-0.15, -0.1) is 0 Å². The van der Waals surface area contributed by atoms with E-state index in [0.29, 0.717) is 0 Å². The van der Waals surface area contributed by atoms with E-state index in [9.17, 15) is 4.79 Å². The van der Waals surface area contributed by atoms with Gasteiger partial charge in [-0.05, 0) is 11.8 Å². The summed E-state index contributed by atoms with van der Waals surface area (Å²) in [6, 6.07) is -0.177. The van der Waals surface area contributed by atoms with Gasteiger partial charge in [0.25, 0.3) is 0 Å². The fourth-order valence-electron chi connectivity index (χ4n) is 1.86. The number of hydrogen-bond donors (Lipinski definition) is 1. The lowest BCUT2D eigenvalue weighted by atomic mass is 9.86. The van der Waals surface area contributed by atoms with E-state index in [4.69, 9.17) is 10.5 Å². The second-order valence-corrected chi connectivity index (χ2v) is 5.57. The summed E-state index contributed by atoms with van der Waals surface area (Å²) in [6.45, 7) is 6.29. The smallest absolute Gasteiger partial charge is 0.243 e. The lowest BCUT2D eigenvalue weighted by Gasteiger charge is -2.22. The number of carbonyl (C=O) groups excluding carboxylic acids is 1. The van der Waals surface area contributed by atoms with Crippen molar-refractivity contribution in [1.29, 1.82) is 0 Å². The van der Waals surface area contributed by atoms with Crippen molar-refractivity contribution < 1.29 is 9.53 Å². The number of Topliss-reactive ketones (excluding diaryl/α,β-unsaturated/α-hetero) is 1. The van der Waals surface area contributed by atoms with Crippen LogP contribution in [0.15, 0.2) is 12.4 Å². The highest BCUT2D eigenvalue weighted by molar-refractivity contribution is 5.96. The number of ketones is 1. The minimum atomic E-state index is -0.177. The molecule has 0 radical (unpaired) electrons. The SMILES string of the molecule is COc1nccnc1C(=O)CC(N)CC(C)(C)C. The van der Waals surface area contributed by atoms with E-state index >= 15 is 0 Å². The van der Waals surface area contributed by atoms with E-state index in [1.807, 2.05) is 0 Å². The van der Waals surface area contributed by atoms with Gasteiger partial charge in [-0.1, -0.05) is 20.8 Å². The van der Waals surface area contributed by atoms with Crippen LogP contribution in [0.1, 0.15) is 44.1 Å². The number of hydrogen-bond acceptors (Lipinski definition) is 5. The molecule has 0 fully saturated rings. The van der Waals surface area contributed by atoms with Gasteiger partial charge in [-0.2, -0.15) is 0 Å². The first kappa shape index (κ1) is 14.6. The molecule has 2 N–H and O–H groups in total. The summed E-state index contributed by atoms with van der Waals surface area (Å²) in [5.41, 5.74) is 6.34. The van der Waals surface area contributed by atoms with Crippen LogP contribution < -0.4 is 10.5 Å². The van der Waals surface area contributed by atoms with Gasteiger partial charge in [-0.3, -0.25) is 4.79 Å². The van der Waals surface area contributed by atoms with Crippen molar-refractivity contribution in [3.8, 4) is 5.88 Å². The Morgan fingerprint density at radius 2 is 2.00 bits per heavy atom. The monoisotopic (exact) mass is 251 g/mol. The van der Waals surface area contributed by atoms with Crippen LogP contribution in [0, 0.1) is 5.41 Å². The van der Waals surface area contributed by atoms with Crippen LogP contribution in [0.4, 0.5) is 0 Å². The third-order valence-electron chi connectivity index (χ3n) is 2.44. The highest BCUT2D eigenvalue weighted by Crippen LogP contribution is 2.22. The standard InChI is InChI=1S/C13H21N3O2/c1-13(2,3)8-9(14)7-10(17)11-12(18-4)16-6-5-15-11/h5-6,9H,7-8,14H2,1-4H3. The van der Waals surface area contributed by atoms with E-state index in [2.05, 4.69) is 30.7 Å². The van der Waals surface area contributed by atoms with Crippen molar-refractivity contribution in [2.45, 2.75) is 39.7 Å². The molecule has 0 spiro atoms. The Morgan fingerprint density at radius 1 is 1.39 bits per heavy atom. The van der Waals surface area contributed by atoms with Crippen molar-refractivity contribution in [3.63, 3.8) is 0 Å². The van der Waals surface area contributed by atoms with Gasteiger partial charge >= 0.3 is 0 Å². The summed E-state index contributed by atoms with van der Waals surface area (Å²) in [5.74, 6) is 0.127. The number of aromatic nitrogens is 2. The second kappa shape index (κ2) is 5.91. The largest absolute Gasteiger partial charge is 0.479 e. The maximum Gasteiger partial charge on any atom is 0.243 e. The zero-order valence-electron chi connectivity index (χ0n) is 11.4. The zero-order chi connectivity index (χ0) is 13.8. The normalized spacial score (nSPS) is 13.2. The van der Waals surface area contributed by atoms with E-state index < -0.39 is 0 Å². The quantitative estimate of drug-likeness (QED) is 0.808. The lowest BCUT2D eigenvalue weighted by molar-refractivity contribution is 0.0959. The predicted octanol–water partition coefficient (Wildman–Crippen LogP) is 1.82. The fraction of sp³-hybridized carbons (Fsp3) is 0.615. The highest BCUT2D eigenvalue weighted by atomic mass is 16.5. The molecule has 1 heterocycles. The third-order valence-corrected chi connectivity index (χ3v) is 2.44. The van der Waals surface area contributed by atoms with Gasteiger partial charge in [0.1, 0.15) is 0 Å². The third kappa shape index (κ3) is 4.41. The average molecular weight is 251 g/mol. The van der Waals surface area contributed by atoms with Gasteiger partial charge in [0.15, 0.2) is 11.5 Å². The van der Waals surface area contributed by atoms with E-state index in [1.165, 1.54) is 19.5 Å². The first-order valence-corrected chi connectivity index (χ1v) is 5.97. The molecule has 1 unspecified atom stereocenters. The summed E-state index contributed by atoms with van der Waals surface area (Å²) < 4.78 is 5.01. The Hall–Kier alpha value is -1.49.